The zero-order valence-electron chi connectivity index (χ0n) is 15.8. The average Bonchev–Trinajstić information content (AvgIpc) is 2.73. The van der Waals surface area contributed by atoms with E-state index >= 15 is 0 Å². The van der Waals surface area contributed by atoms with Gasteiger partial charge >= 0.3 is 11.9 Å². The summed E-state index contributed by atoms with van der Waals surface area (Å²) in [6, 6.07) is 10.5. The van der Waals surface area contributed by atoms with Crippen molar-refractivity contribution in [2.45, 2.75) is 24.9 Å². The standard InChI is InChI=1S/C20H21N3O6S/c24-17(13-7-4-8-15(21-13)19(26)27)22-14(9-10-30)18(25)23-16(20(28)29)11-12-5-2-1-3-6-12/h1-8,14,16,30H,9-11H2,(H,22,24)(H,23,25)(H,26,27)(H,28,29)/t14?,16-/m1/s1. The number of aromatic nitrogens is 1. The van der Waals surface area contributed by atoms with E-state index in [1.54, 1.807) is 30.3 Å². The highest BCUT2D eigenvalue weighted by molar-refractivity contribution is 7.80. The average molecular weight is 431 g/mol. The van der Waals surface area contributed by atoms with Crippen molar-refractivity contribution in [3.8, 4) is 0 Å². The number of hydrogen-bond donors (Lipinski definition) is 5. The number of hydrogen-bond acceptors (Lipinski definition) is 6. The number of amides is 2. The van der Waals surface area contributed by atoms with Crippen molar-refractivity contribution in [3.05, 3.63) is 65.5 Å². The molecule has 0 aliphatic rings. The Bertz CT molecular complexity index is 922. The van der Waals surface area contributed by atoms with Crippen molar-refractivity contribution in [3.63, 3.8) is 0 Å². The van der Waals surface area contributed by atoms with Crippen molar-refractivity contribution in [1.82, 2.24) is 15.6 Å². The molecule has 1 aromatic heterocycles. The smallest absolute Gasteiger partial charge is 0.354 e. The number of aromatic carboxylic acids is 1. The van der Waals surface area contributed by atoms with Crippen molar-refractivity contribution in [2.75, 3.05) is 5.75 Å². The molecule has 1 unspecified atom stereocenters. The fraction of sp³-hybridized carbons (Fsp3) is 0.250. The van der Waals surface area contributed by atoms with Gasteiger partial charge in [-0.1, -0.05) is 36.4 Å². The van der Waals surface area contributed by atoms with Gasteiger partial charge < -0.3 is 20.8 Å². The van der Waals surface area contributed by atoms with Gasteiger partial charge in [0.25, 0.3) is 5.91 Å². The SMILES string of the molecule is O=C(O)c1cccc(C(=O)NC(CCS)C(=O)N[C@H](Cc2ccccc2)C(=O)O)n1. The molecule has 2 rings (SSSR count). The molecule has 1 aromatic carbocycles. The van der Waals surface area contributed by atoms with Crippen LogP contribution in [-0.4, -0.2) is 56.8 Å². The number of pyridine rings is 1. The summed E-state index contributed by atoms with van der Waals surface area (Å²) < 4.78 is 0. The van der Waals surface area contributed by atoms with E-state index in [4.69, 9.17) is 5.11 Å². The highest BCUT2D eigenvalue weighted by Gasteiger charge is 2.27. The largest absolute Gasteiger partial charge is 0.480 e. The molecule has 158 valence electrons. The van der Waals surface area contributed by atoms with Gasteiger partial charge in [-0.25, -0.2) is 14.6 Å². The molecule has 0 radical (unpaired) electrons. The van der Waals surface area contributed by atoms with Crippen molar-refractivity contribution >= 4 is 36.4 Å². The lowest BCUT2D eigenvalue weighted by Crippen LogP contribution is -2.52. The Morgan fingerprint density at radius 2 is 1.57 bits per heavy atom. The lowest BCUT2D eigenvalue weighted by atomic mass is 10.1. The Labute approximate surface area is 177 Å². The lowest BCUT2D eigenvalue weighted by molar-refractivity contribution is -0.142. The maximum atomic E-state index is 12.6. The molecule has 10 heteroatoms. The molecule has 0 aliphatic carbocycles. The monoisotopic (exact) mass is 431 g/mol. The van der Waals surface area contributed by atoms with Crippen LogP contribution in [0.4, 0.5) is 0 Å². The maximum absolute atomic E-state index is 12.6. The molecule has 0 saturated heterocycles. The van der Waals surface area contributed by atoms with Crippen LogP contribution in [0.3, 0.4) is 0 Å². The second-order valence-corrected chi connectivity index (χ2v) is 6.79. The third-order valence-electron chi connectivity index (χ3n) is 4.14. The minimum atomic E-state index is -1.29. The van der Waals surface area contributed by atoms with Crippen LogP contribution in [0.2, 0.25) is 0 Å². The highest BCUT2D eigenvalue weighted by atomic mass is 32.1. The summed E-state index contributed by atoms with van der Waals surface area (Å²) in [4.78, 5) is 51.4. The Balaban J connectivity index is 2.10. The number of carboxylic acid groups (broad SMARTS) is 2. The van der Waals surface area contributed by atoms with Gasteiger partial charge in [0.15, 0.2) is 0 Å². The normalized spacial score (nSPS) is 12.4. The summed E-state index contributed by atoms with van der Waals surface area (Å²) in [5, 5.41) is 23.3. The van der Waals surface area contributed by atoms with Gasteiger partial charge in [0.1, 0.15) is 23.5 Å². The summed E-state index contributed by atoms with van der Waals surface area (Å²) in [6.07, 6.45) is 0.211. The zero-order chi connectivity index (χ0) is 22.1. The van der Waals surface area contributed by atoms with Crippen LogP contribution in [0.5, 0.6) is 0 Å². The van der Waals surface area contributed by atoms with Crippen LogP contribution < -0.4 is 10.6 Å². The highest BCUT2D eigenvalue weighted by Crippen LogP contribution is 2.06. The van der Waals surface area contributed by atoms with Gasteiger partial charge in [0.05, 0.1) is 0 Å². The number of aliphatic carboxylic acids is 1. The molecule has 0 saturated carbocycles. The van der Waals surface area contributed by atoms with E-state index < -0.39 is 35.8 Å². The fourth-order valence-corrected chi connectivity index (χ4v) is 2.89. The predicted molar refractivity (Wildman–Crippen MR) is 111 cm³/mol. The molecule has 0 aliphatic heterocycles. The first kappa shape index (κ1) is 22.9. The molecule has 0 spiro atoms. The summed E-state index contributed by atoms with van der Waals surface area (Å²) in [5.74, 6) is -3.69. The second kappa shape index (κ2) is 11.0. The van der Waals surface area contributed by atoms with Crippen LogP contribution in [0.15, 0.2) is 48.5 Å². The van der Waals surface area contributed by atoms with E-state index in [2.05, 4.69) is 28.2 Å². The van der Waals surface area contributed by atoms with Crippen LogP contribution in [0.1, 0.15) is 33.0 Å². The third kappa shape index (κ3) is 6.59. The molecule has 2 aromatic rings. The van der Waals surface area contributed by atoms with Gasteiger partial charge in [-0.2, -0.15) is 12.6 Å². The second-order valence-electron chi connectivity index (χ2n) is 6.34. The Morgan fingerprint density at radius 1 is 0.900 bits per heavy atom. The van der Waals surface area contributed by atoms with E-state index in [1.807, 2.05) is 0 Å². The summed E-state index contributed by atoms with van der Waals surface area (Å²) >= 11 is 4.08. The lowest BCUT2D eigenvalue weighted by Gasteiger charge is -2.21. The maximum Gasteiger partial charge on any atom is 0.354 e. The van der Waals surface area contributed by atoms with E-state index in [9.17, 15) is 24.3 Å². The van der Waals surface area contributed by atoms with Gasteiger partial charge in [-0.3, -0.25) is 9.59 Å². The predicted octanol–water partition coefficient (Wildman–Crippen LogP) is 1.01. The van der Waals surface area contributed by atoms with Crippen molar-refractivity contribution in [2.24, 2.45) is 0 Å². The number of rotatable bonds is 10. The number of benzene rings is 1. The van der Waals surface area contributed by atoms with E-state index in [0.29, 0.717) is 0 Å². The quantitative estimate of drug-likeness (QED) is 0.353. The molecular weight excluding hydrogens is 410 g/mol. The number of carboxylic acids is 2. The first-order valence-corrected chi connectivity index (χ1v) is 9.64. The molecular formula is C20H21N3O6S. The molecule has 0 bridgehead atoms. The van der Waals surface area contributed by atoms with Crippen molar-refractivity contribution in [1.29, 1.82) is 0 Å². The number of carbonyl (C=O) groups is 4. The molecule has 0 fully saturated rings. The van der Waals surface area contributed by atoms with Crippen LogP contribution in [0, 0.1) is 0 Å². The summed E-state index contributed by atoms with van der Waals surface area (Å²) in [7, 11) is 0. The van der Waals surface area contributed by atoms with Crippen molar-refractivity contribution < 1.29 is 29.4 Å². The Hall–Kier alpha value is -3.40. The van der Waals surface area contributed by atoms with E-state index in [1.165, 1.54) is 18.2 Å². The molecule has 1 heterocycles. The van der Waals surface area contributed by atoms with Crippen LogP contribution >= 0.6 is 12.6 Å². The van der Waals surface area contributed by atoms with Gasteiger partial charge in [-0.15, -0.1) is 0 Å². The third-order valence-corrected chi connectivity index (χ3v) is 4.40. The van der Waals surface area contributed by atoms with Crippen LogP contribution in [-0.2, 0) is 16.0 Å². The number of carbonyl (C=O) groups excluding carboxylic acids is 2. The Kier molecular flexibility index (Phi) is 8.36. The first-order chi connectivity index (χ1) is 14.3. The number of thiol groups is 1. The first-order valence-electron chi connectivity index (χ1n) is 9.01. The van der Waals surface area contributed by atoms with Gasteiger partial charge in [-0.05, 0) is 29.9 Å². The fourth-order valence-electron chi connectivity index (χ4n) is 2.63. The molecule has 2 atom stereocenters. The van der Waals surface area contributed by atoms with E-state index in [-0.39, 0.29) is 30.0 Å². The minimum Gasteiger partial charge on any atom is -0.480 e. The summed E-state index contributed by atoms with van der Waals surface area (Å²) in [6.45, 7) is 0. The number of nitrogens with zero attached hydrogens (tertiary/aromatic N) is 1. The molecule has 9 nitrogen and oxygen atoms in total. The molecule has 30 heavy (non-hydrogen) atoms. The Morgan fingerprint density at radius 3 is 2.17 bits per heavy atom. The zero-order valence-corrected chi connectivity index (χ0v) is 16.7. The van der Waals surface area contributed by atoms with Gasteiger partial charge in [0, 0.05) is 6.42 Å². The van der Waals surface area contributed by atoms with Gasteiger partial charge in [0.2, 0.25) is 5.91 Å². The topological polar surface area (TPSA) is 146 Å². The summed E-state index contributed by atoms with van der Waals surface area (Å²) in [5.41, 5.74) is 0.243. The molecule has 2 amide bonds. The number of nitrogens with one attached hydrogen (secondary N) is 2. The molecule has 4 N–H and O–H groups in total. The van der Waals surface area contributed by atoms with Crippen LogP contribution in [0.25, 0.3) is 0 Å². The van der Waals surface area contributed by atoms with E-state index in [0.717, 1.165) is 5.56 Å². The minimum absolute atomic E-state index is 0.0751.